The zero-order chi connectivity index (χ0) is 35.1. The van der Waals surface area contributed by atoms with Crippen molar-refractivity contribution in [1.29, 1.82) is 0 Å². The van der Waals surface area contributed by atoms with Crippen molar-refractivity contribution in [2.24, 2.45) is 22.7 Å². The minimum absolute atomic E-state index is 0.0485. The maximum absolute atomic E-state index is 14.1. The summed E-state index contributed by atoms with van der Waals surface area (Å²) in [4.78, 5) is 57.5. The summed E-state index contributed by atoms with van der Waals surface area (Å²) in [5, 5.41) is 9.80. The Morgan fingerprint density at radius 3 is 2.12 bits per heavy atom. The van der Waals surface area contributed by atoms with Crippen LogP contribution in [0.1, 0.15) is 48.7 Å². The second-order valence-corrected chi connectivity index (χ2v) is 14.3. The van der Waals surface area contributed by atoms with Crippen LogP contribution >= 0.6 is 0 Å². The number of rotatable bonds is 11. The third-order valence-electron chi connectivity index (χ3n) is 10.2. The van der Waals surface area contributed by atoms with E-state index in [4.69, 9.17) is 4.74 Å². The lowest BCUT2D eigenvalue weighted by Crippen LogP contribution is -2.65. The fourth-order valence-corrected chi connectivity index (χ4v) is 7.01. The van der Waals surface area contributed by atoms with Crippen molar-refractivity contribution in [2.45, 2.75) is 52.5 Å². The second kappa shape index (κ2) is 13.3. The summed E-state index contributed by atoms with van der Waals surface area (Å²) in [6.07, 6.45) is 3.17. The van der Waals surface area contributed by atoms with E-state index >= 15 is 0 Å². The molecule has 1 spiro atoms. The molecule has 49 heavy (non-hydrogen) atoms. The molecule has 1 aliphatic carbocycles. The molecule has 3 fully saturated rings. The molecule has 2 saturated heterocycles. The average Bonchev–Trinajstić information content (AvgIpc) is 3.37. The number of aromatic nitrogens is 2. The van der Waals surface area contributed by atoms with Crippen LogP contribution in [0.25, 0.3) is 0 Å². The third-order valence-corrected chi connectivity index (χ3v) is 10.2. The number of nitrogens with zero attached hydrogens (tertiary/aromatic N) is 4. The molecule has 260 valence electrons. The minimum atomic E-state index is -1.05. The van der Waals surface area contributed by atoms with Crippen molar-refractivity contribution in [3.63, 3.8) is 0 Å². The van der Waals surface area contributed by atoms with Crippen LogP contribution in [0.4, 0.5) is 8.78 Å². The van der Waals surface area contributed by atoms with Crippen LogP contribution in [0.3, 0.4) is 0 Å². The van der Waals surface area contributed by atoms with E-state index in [0.29, 0.717) is 30.8 Å². The number of carbonyl (C=O) groups is 4. The Hall–Kier alpha value is -4.65. The van der Waals surface area contributed by atoms with Crippen LogP contribution < -0.4 is 10.6 Å². The topological polar surface area (TPSA) is 126 Å². The monoisotopic (exact) mass is 676 g/mol. The molecule has 0 unspecified atom stereocenters. The van der Waals surface area contributed by atoms with Gasteiger partial charge in [0.2, 0.25) is 17.7 Å². The highest BCUT2D eigenvalue weighted by atomic mass is 19.1. The summed E-state index contributed by atoms with van der Waals surface area (Å²) in [6.45, 7) is 7.24. The van der Waals surface area contributed by atoms with E-state index in [1.165, 1.54) is 37.5 Å². The largest absolute Gasteiger partial charge is 0.371 e. The van der Waals surface area contributed by atoms with Gasteiger partial charge in [0.15, 0.2) is 0 Å². The lowest BCUT2D eigenvalue weighted by molar-refractivity contribution is -0.152. The first-order chi connectivity index (χ1) is 23.3. The number of hydrogen-bond acceptors (Lipinski definition) is 6. The van der Waals surface area contributed by atoms with Gasteiger partial charge in [-0.2, -0.15) is 5.10 Å². The molecule has 3 aliphatic rings. The van der Waals surface area contributed by atoms with E-state index in [1.54, 1.807) is 51.9 Å². The highest BCUT2D eigenvalue weighted by molar-refractivity contribution is 5.95. The molecule has 3 heterocycles. The first-order valence-corrected chi connectivity index (χ1v) is 16.5. The summed E-state index contributed by atoms with van der Waals surface area (Å²) in [5.41, 5.74) is 1.13. The van der Waals surface area contributed by atoms with Crippen LogP contribution in [0.5, 0.6) is 0 Å². The zero-order valence-corrected chi connectivity index (χ0v) is 28.1. The summed E-state index contributed by atoms with van der Waals surface area (Å²) < 4.78 is 34.2. The number of likely N-dealkylation sites (N-methyl/N-ethyl adjacent to an activating group) is 1. The molecule has 2 N–H and O–H groups in total. The highest BCUT2D eigenvalue weighted by Crippen LogP contribution is 2.54. The van der Waals surface area contributed by atoms with Crippen molar-refractivity contribution in [1.82, 2.24) is 30.2 Å². The van der Waals surface area contributed by atoms with Crippen LogP contribution in [0.15, 0.2) is 60.9 Å². The summed E-state index contributed by atoms with van der Waals surface area (Å²) in [7, 11) is 1.47. The molecule has 6 rings (SSSR count). The summed E-state index contributed by atoms with van der Waals surface area (Å²) >= 11 is 0. The fourth-order valence-electron chi connectivity index (χ4n) is 7.01. The number of likely N-dealkylation sites (tertiary alicyclic amines) is 2. The number of halogens is 2. The lowest BCUT2D eigenvalue weighted by Gasteiger charge is -2.50. The van der Waals surface area contributed by atoms with Crippen LogP contribution in [0, 0.1) is 34.3 Å². The molecule has 4 atom stereocenters. The first kappa shape index (κ1) is 34.2. The third kappa shape index (κ3) is 7.22. The van der Waals surface area contributed by atoms with Gasteiger partial charge in [0.1, 0.15) is 17.7 Å². The quantitative estimate of drug-likeness (QED) is 0.322. The number of hydrogen-bond donors (Lipinski definition) is 2. The molecule has 1 saturated carbocycles. The van der Waals surface area contributed by atoms with E-state index in [-0.39, 0.29) is 54.5 Å². The van der Waals surface area contributed by atoms with Crippen LogP contribution in [0.2, 0.25) is 0 Å². The van der Waals surface area contributed by atoms with Crippen molar-refractivity contribution in [2.75, 3.05) is 33.2 Å². The van der Waals surface area contributed by atoms with Crippen LogP contribution in [-0.2, 0) is 32.3 Å². The fraction of sp³-hybridized carbons (Fsp3) is 0.472. The van der Waals surface area contributed by atoms with Gasteiger partial charge in [-0.1, -0.05) is 38.1 Å². The molecule has 11 nitrogen and oxygen atoms in total. The van der Waals surface area contributed by atoms with E-state index in [1.807, 2.05) is 0 Å². The normalized spacial score (nSPS) is 21.5. The van der Waals surface area contributed by atoms with E-state index in [2.05, 4.69) is 29.6 Å². The molecule has 2 aromatic carbocycles. The predicted molar refractivity (Wildman–Crippen MR) is 175 cm³/mol. The van der Waals surface area contributed by atoms with Gasteiger partial charge in [-0.3, -0.25) is 23.9 Å². The molecule has 4 amide bonds. The van der Waals surface area contributed by atoms with E-state index < -0.39 is 35.3 Å². The SMILES string of the molecule is CNC(=O)[C@@H](NC(=O)[C@H]1CN(C(=O)c2cnn(Cc3ccc(F)cc3)c2)CC12CN(C(=O)[C@H]1CC1(C)C)C2)[C@@H](C)OCc1ccc(F)cc1. The smallest absolute Gasteiger partial charge is 0.257 e. The van der Waals surface area contributed by atoms with Crippen molar-refractivity contribution in [3.05, 3.63) is 89.2 Å². The zero-order valence-electron chi connectivity index (χ0n) is 28.1. The van der Waals surface area contributed by atoms with Gasteiger partial charge in [-0.25, -0.2) is 8.78 Å². The molecule has 13 heteroatoms. The Labute approximate surface area is 284 Å². The second-order valence-electron chi connectivity index (χ2n) is 14.3. The number of amides is 4. The Morgan fingerprint density at radius 2 is 1.53 bits per heavy atom. The number of ether oxygens (including phenoxy) is 1. The van der Waals surface area contributed by atoms with Crippen molar-refractivity contribution < 1.29 is 32.7 Å². The maximum atomic E-state index is 14.1. The maximum Gasteiger partial charge on any atom is 0.257 e. The molecule has 0 radical (unpaired) electrons. The molecular weight excluding hydrogens is 634 g/mol. The standard InChI is InChI=1S/C36H42F2N6O5/c1-22(49-18-24-7-11-27(38)12-8-24)30(32(46)39-4)41-31(45)29-17-42(19-36(29)20-43(21-36)34(48)28-13-35(28,2)3)33(47)25-14-40-44(16-25)15-23-5-9-26(37)10-6-23/h5-12,14,16,22,28-30H,13,15,17-21H2,1-4H3,(H,39,46)(H,41,45)/t22-,28-,29-,30+/m1/s1. The Morgan fingerprint density at radius 1 is 0.939 bits per heavy atom. The van der Waals surface area contributed by atoms with E-state index in [9.17, 15) is 28.0 Å². The Bertz CT molecular complexity index is 1720. The number of nitrogens with one attached hydrogen (secondary N) is 2. The van der Waals surface area contributed by atoms with Gasteiger partial charge in [-0.15, -0.1) is 0 Å². The van der Waals surface area contributed by atoms with Gasteiger partial charge >= 0.3 is 0 Å². The number of benzene rings is 2. The van der Waals surface area contributed by atoms with Gasteiger partial charge in [-0.05, 0) is 54.2 Å². The molecule has 1 aromatic heterocycles. The van der Waals surface area contributed by atoms with Crippen molar-refractivity contribution >= 4 is 23.6 Å². The van der Waals surface area contributed by atoms with Gasteiger partial charge < -0.3 is 25.2 Å². The Balaban J connectivity index is 1.17. The number of carbonyl (C=O) groups excluding carboxylic acids is 4. The predicted octanol–water partition coefficient (Wildman–Crippen LogP) is 2.99. The average molecular weight is 677 g/mol. The van der Waals surface area contributed by atoms with Gasteiger partial charge in [0.05, 0.1) is 36.9 Å². The van der Waals surface area contributed by atoms with E-state index in [0.717, 1.165) is 12.0 Å². The minimum Gasteiger partial charge on any atom is -0.371 e. The highest BCUT2D eigenvalue weighted by Gasteiger charge is 2.62. The summed E-state index contributed by atoms with van der Waals surface area (Å²) in [6, 6.07) is 10.8. The Kier molecular flexibility index (Phi) is 9.31. The molecule has 2 aliphatic heterocycles. The first-order valence-electron chi connectivity index (χ1n) is 16.5. The summed E-state index contributed by atoms with van der Waals surface area (Å²) in [5.74, 6) is -2.56. The van der Waals surface area contributed by atoms with Crippen molar-refractivity contribution in [3.8, 4) is 0 Å². The molecule has 3 aromatic rings. The molecule has 0 bridgehead atoms. The van der Waals surface area contributed by atoms with Gasteiger partial charge in [0.25, 0.3) is 5.91 Å². The van der Waals surface area contributed by atoms with Crippen LogP contribution in [-0.4, -0.2) is 88.6 Å². The molecular formula is C36H42F2N6O5. The van der Waals surface area contributed by atoms with Gasteiger partial charge in [0, 0.05) is 50.8 Å². The lowest BCUT2D eigenvalue weighted by atomic mass is 9.70.